The van der Waals surface area contributed by atoms with E-state index in [0.29, 0.717) is 11.6 Å². The van der Waals surface area contributed by atoms with Gasteiger partial charge >= 0.3 is 12.1 Å². The Bertz CT molecular complexity index is 1260. The summed E-state index contributed by atoms with van der Waals surface area (Å²) >= 11 is 0. The number of benzene rings is 2. The van der Waals surface area contributed by atoms with Crippen molar-refractivity contribution < 1.29 is 36.6 Å². The highest BCUT2D eigenvalue weighted by molar-refractivity contribution is 5.83. The number of hydrogen-bond acceptors (Lipinski definition) is 4. The van der Waals surface area contributed by atoms with Crippen LogP contribution >= 0.6 is 0 Å². The third-order valence-electron chi connectivity index (χ3n) is 5.96. The molecule has 0 aliphatic heterocycles. The molecule has 0 bridgehead atoms. The fraction of sp³-hybridized carbons (Fsp3) is 0.346. The number of hydrogen-bond donors (Lipinski definition) is 3. The number of alkyl halides is 3. The van der Waals surface area contributed by atoms with Gasteiger partial charge in [0, 0.05) is 17.5 Å². The topological polar surface area (TPSA) is 91.3 Å². The first-order chi connectivity index (χ1) is 17.4. The minimum atomic E-state index is -5.08. The average Bonchev–Trinajstić information content (AvgIpc) is 2.82. The molecule has 1 heterocycles. The van der Waals surface area contributed by atoms with E-state index >= 15 is 0 Å². The Morgan fingerprint density at radius 3 is 2.22 bits per heavy atom. The van der Waals surface area contributed by atoms with Gasteiger partial charge in [0.25, 0.3) is 0 Å². The van der Waals surface area contributed by atoms with Gasteiger partial charge in [0.1, 0.15) is 5.82 Å². The summed E-state index contributed by atoms with van der Waals surface area (Å²) in [4.78, 5) is 25.9. The molecule has 0 spiro atoms. The first-order valence-electron chi connectivity index (χ1n) is 11.6. The Morgan fingerprint density at radius 2 is 1.59 bits per heavy atom. The van der Waals surface area contributed by atoms with Gasteiger partial charge in [0.05, 0.1) is 11.9 Å². The summed E-state index contributed by atoms with van der Waals surface area (Å²) in [5.74, 6) is -3.86. The molecular weight excluding hydrogens is 497 g/mol. The number of rotatable bonds is 5. The number of nitrogens with one attached hydrogen (secondary N) is 2. The molecule has 0 unspecified atom stereocenters. The molecule has 2 aromatic carbocycles. The fourth-order valence-electron chi connectivity index (χ4n) is 4.13. The van der Waals surface area contributed by atoms with Crippen molar-refractivity contribution in [1.29, 1.82) is 0 Å². The number of pyridine rings is 1. The van der Waals surface area contributed by atoms with E-state index in [1.54, 1.807) is 0 Å². The van der Waals surface area contributed by atoms with Crippen molar-refractivity contribution in [2.24, 2.45) is 0 Å². The molecule has 1 fully saturated rings. The van der Waals surface area contributed by atoms with Gasteiger partial charge in [-0.1, -0.05) is 24.3 Å². The fourth-order valence-corrected chi connectivity index (χ4v) is 4.13. The smallest absolute Gasteiger partial charge is 0.475 e. The zero-order valence-electron chi connectivity index (χ0n) is 19.9. The van der Waals surface area contributed by atoms with Gasteiger partial charge in [-0.3, -0.25) is 4.79 Å². The third-order valence-corrected chi connectivity index (χ3v) is 5.96. The van der Waals surface area contributed by atoms with Crippen LogP contribution in [0.3, 0.4) is 0 Å². The van der Waals surface area contributed by atoms with Crippen molar-refractivity contribution in [3.63, 3.8) is 0 Å². The molecular formula is C26H26F5N3O3. The Kier molecular flexibility index (Phi) is 9.01. The quantitative estimate of drug-likeness (QED) is 0.382. The van der Waals surface area contributed by atoms with Gasteiger partial charge in [-0.25, -0.2) is 18.6 Å². The summed E-state index contributed by atoms with van der Waals surface area (Å²) in [6, 6.07) is 14.2. The minimum absolute atomic E-state index is 0.0513. The van der Waals surface area contributed by atoms with Crippen LogP contribution in [0.15, 0.2) is 48.5 Å². The van der Waals surface area contributed by atoms with E-state index in [4.69, 9.17) is 14.9 Å². The van der Waals surface area contributed by atoms with Crippen molar-refractivity contribution in [1.82, 2.24) is 10.3 Å². The van der Waals surface area contributed by atoms with Gasteiger partial charge in [-0.05, 0) is 68.0 Å². The summed E-state index contributed by atoms with van der Waals surface area (Å²) in [6.45, 7) is 2.09. The molecule has 198 valence electrons. The monoisotopic (exact) mass is 523 g/mol. The number of para-hydroxylation sites is 1. The molecule has 1 amide bonds. The highest BCUT2D eigenvalue weighted by atomic mass is 19.4. The van der Waals surface area contributed by atoms with Crippen LogP contribution in [0.4, 0.5) is 27.8 Å². The maximum absolute atomic E-state index is 13.3. The van der Waals surface area contributed by atoms with Crippen molar-refractivity contribution in [3.05, 3.63) is 71.3 Å². The van der Waals surface area contributed by atoms with E-state index in [9.17, 15) is 26.7 Å². The Hall–Kier alpha value is -3.76. The van der Waals surface area contributed by atoms with E-state index in [-0.39, 0.29) is 18.4 Å². The second-order valence-electron chi connectivity index (χ2n) is 8.83. The van der Waals surface area contributed by atoms with Crippen molar-refractivity contribution in [3.8, 4) is 0 Å². The molecule has 1 saturated carbocycles. The Labute approximate surface area is 209 Å². The van der Waals surface area contributed by atoms with Crippen LogP contribution in [0.2, 0.25) is 0 Å². The van der Waals surface area contributed by atoms with Crippen molar-refractivity contribution in [2.75, 3.05) is 5.32 Å². The predicted molar refractivity (Wildman–Crippen MR) is 128 cm³/mol. The lowest BCUT2D eigenvalue weighted by Crippen LogP contribution is -2.40. The van der Waals surface area contributed by atoms with E-state index in [1.165, 1.54) is 11.6 Å². The molecule has 0 atom stereocenters. The number of carbonyl (C=O) groups is 2. The van der Waals surface area contributed by atoms with Crippen LogP contribution in [-0.2, 0) is 16.0 Å². The van der Waals surface area contributed by atoms with Gasteiger partial charge in [-0.2, -0.15) is 13.2 Å². The molecule has 3 aromatic rings. The van der Waals surface area contributed by atoms with E-state index in [2.05, 4.69) is 29.7 Å². The summed E-state index contributed by atoms with van der Waals surface area (Å²) in [5, 5.41) is 14.8. The standard InChI is InChI=1S/C24H25F2N3O.C2HF3O2/c1-15-12-23(29-22-5-3-2-4-19(15)22)27-17-7-9-18(10-8-17)28-24(30)14-16-6-11-20(25)21(26)13-16;3-2(4,5)1(6)7/h2-6,11-13,17-18H,7-10,14H2,1H3,(H,27,29)(H,28,30);(H,6,7)/t17-,18+;. The van der Waals surface area contributed by atoms with Crippen LogP contribution in [0.25, 0.3) is 10.9 Å². The van der Waals surface area contributed by atoms with Gasteiger partial charge < -0.3 is 15.7 Å². The number of anilines is 1. The number of carboxylic acid groups (broad SMARTS) is 1. The van der Waals surface area contributed by atoms with Crippen LogP contribution in [0.5, 0.6) is 0 Å². The second-order valence-corrected chi connectivity index (χ2v) is 8.83. The molecule has 4 rings (SSSR count). The number of aryl methyl sites for hydroxylation is 1. The lowest BCUT2D eigenvalue weighted by atomic mass is 9.91. The number of amides is 1. The normalized spacial score (nSPS) is 17.5. The molecule has 1 aliphatic rings. The maximum atomic E-state index is 13.3. The lowest BCUT2D eigenvalue weighted by molar-refractivity contribution is -0.192. The first-order valence-corrected chi connectivity index (χ1v) is 11.6. The van der Waals surface area contributed by atoms with Gasteiger partial charge in [0.15, 0.2) is 11.6 Å². The largest absolute Gasteiger partial charge is 0.490 e. The van der Waals surface area contributed by atoms with Crippen LogP contribution in [-0.4, -0.2) is 40.2 Å². The third kappa shape index (κ3) is 8.12. The van der Waals surface area contributed by atoms with Crippen LogP contribution in [0.1, 0.15) is 36.8 Å². The summed E-state index contributed by atoms with van der Waals surface area (Å²) in [7, 11) is 0. The molecule has 0 radical (unpaired) electrons. The lowest BCUT2D eigenvalue weighted by Gasteiger charge is -2.30. The highest BCUT2D eigenvalue weighted by Crippen LogP contribution is 2.25. The molecule has 1 aromatic heterocycles. The average molecular weight is 524 g/mol. The maximum Gasteiger partial charge on any atom is 0.490 e. The highest BCUT2D eigenvalue weighted by Gasteiger charge is 2.38. The molecule has 0 saturated heterocycles. The number of carbonyl (C=O) groups excluding carboxylic acids is 1. The summed E-state index contributed by atoms with van der Waals surface area (Å²) in [5.41, 5.74) is 2.65. The number of aromatic nitrogens is 1. The molecule has 6 nitrogen and oxygen atoms in total. The van der Waals surface area contributed by atoms with E-state index in [1.807, 2.05) is 18.2 Å². The van der Waals surface area contributed by atoms with E-state index in [0.717, 1.165) is 54.5 Å². The van der Waals surface area contributed by atoms with Gasteiger partial charge in [-0.15, -0.1) is 0 Å². The van der Waals surface area contributed by atoms with Crippen molar-refractivity contribution >= 4 is 28.6 Å². The first kappa shape index (κ1) is 27.8. The summed E-state index contributed by atoms with van der Waals surface area (Å²) in [6.07, 6.45) is -1.43. The second kappa shape index (κ2) is 12.0. The Morgan fingerprint density at radius 1 is 0.973 bits per heavy atom. The SMILES string of the molecule is Cc1cc(N[C@H]2CC[C@@H](NC(=O)Cc3ccc(F)c(F)c3)CC2)nc2ccccc12.O=C(O)C(F)(F)F. The number of nitrogens with zero attached hydrogens (tertiary/aromatic N) is 1. The molecule has 11 heteroatoms. The molecule has 3 N–H and O–H groups in total. The predicted octanol–water partition coefficient (Wildman–Crippen LogP) is 5.54. The summed E-state index contributed by atoms with van der Waals surface area (Å²) < 4.78 is 58.1. The molecule has 1 aliphatic carbocycles. The van der Waals surface area contributed by atoms with Crippen LogP contribution < -0.4 is 10.6 Å². The Balaban J connectivity index is 0.000000479. The number of halogens is 5. The van der Waals surface area contributed by atoms with Crippen molar-refractivity contribution in [2.45, 2.75) is 57.3 Å². The van der Waals surface area contributed by atoms with Crippen LogP contribution in [0, 0.1) is 18.6 Å². The number of aliphatic carboxylic acids is 1. The number of fused-ring (bicyclic) bond motifs is 1. The van der Waals surface area contributed by atoms with Gasteiger partial charge in [0.2, 0.25) is 5.91 Å². The zero-order valence-corrected chi connectivity index (χ0v) is 19.9. The zero-order chi connectivity index (χ0) is 27.2. The number of carboxylic acids is 1. The van der Waals surface area contributed by atoms with E-state index < -0.39 is 23.8 Å². The minimum Gasteiger partial charge on any atom is -0.475 e. The molecule has 37 heavy (non-hydrogen) atoms.